The number of pyridine rings is 1. The fourth-order valence-corrected chi connectivity index (χ4v) is 2.14. The highest BCUT2D eigenvalue weighted by Gasteiger charge is 2.21. The van der Waals surface area contributed by atoms with Crippen LogP contribution in [0.1, 0.15) is 18.4 Å². The molecular weight excluding hydrogens is 272 g/mol. The van der Waals surface area contributed by atoms with Gasteiger partial charge < -0.3 is 0 Å². The summed E-state index contributed by atoms with van der Waals surface area (Å²) < 4.78 is 0.635. The topological polar surface area (TPSA) is 56.0 Å². The van der Waals surface area contributed by atoms with Crippen molar-refractivity contribution in [3.8, 4) is 0 Å². The molecule has 4 nitrogen and oxygen atoms in total. The lowest BCUT2D eigenvalue weighted by Crippen LogP contribution is -2.05. The van der Waals surface area contributed by atoms with Crippen LogP contribution in [0.5, 0.6) is 0 Å². The summed E-state index contributed by atoms with van der Waals surface area (Å²) in [4.78, 5) is 14.7. The van der Waals surface area contributed by atoms with Crippen molar-refractivity contribution in [1.29, 1.82) is 0 Å². The molecule has 0 amide bonds. The minimum atomic E-state index is -0.307. The normalized spacial score (nSPS) is 15.3. The Morgan fingerprint density at radius 1 is 1.50 bits per heavy atom. The van der Waals surface area contributed by atoms with Crippen LogP contribution in [0.15, 0.2) is 40.8 Å². The molecule has 0 N–H and O–H groups in total. The van der Waals surface area contributed by atoms with Crippen molar-refractivity contribution >= 4 is 21.5 Å². The maximum absolute atomic E-state index is 10.9. The molecule has 0 saturated carbocycles. The third-order valence-electron chi connectivity index (χ3n) is 2.41. The monoisotopic (exact) mass is 280 g/mol. The Balaban J connectivity index is 2.57. The average molecular weight is 281 g/mol. The molecule has 0 saturated heterocycles. The summed E-state index contributed by atoms with van der Waals surface area (Å²) in [6.07, 6.45) is 6.58. The Morgan fingerprint density at radius 3 is 3.00 bits per heavy atom. The van der Waals surface area contributed by atoms with Gasteiger partial charge in [-0.15, -0.1) is 0 Å². The minimum absolute atomic E-state index is 0.260. The minimum Gasteiger partial charge on any atom is -0.259 e. The highest BCUT2D eigenvalue weighted by Crippen LogP contribution is 2.31. The first-order valence-electron chi connectivity index (χ1n) is 4.85. The molecule has 1 aliphatic carbocycles. The molecule has 0 atom stereocenters. The lowest BCUT2D eigenvalue weighted by Gasteiger charge is -2.10. The van der Waals surface area contributed by atoms with Gasteiger partial charge in [0.1, 0.15) is 4.60 Å². The van der Waals surface area contributed by atoms with Gasteiger partial charge in [-0.3, -0.25) is 10.1 Å². The highest BCUT2D eigenvalue weighted by atomic mass is 79.9. The molecule has 0 unspecified atom stereocenters. The van der Waals surface area contributed by atoms with Gasteiger partial charge in [0.25, 0.3) is 5.70 Å². The van der Waals surface area contributed by atoms with E-state index in [1.54, 1.807) is 18.3 Å². The number of allylic oxidation sites excluding steroid dienone is 4. The van der Waals surface area contributed by atoms with Crippen LogP contribution in [-0.2, 0) is 0 Å². The zero-order chi connectivity index (χ0) is 11.5. The molecule has 1 aliphatic rings. The van der Waals surface area contributed by atoms with Crippen LogP contribution < -0.4 is 0 Å². The largest absolute Gasteiger partial charge is 0.259 e. The summed E-state index contributed by atoms with van der Waals surface area (Å²) in [5.41, 5.74) is 1.68. The molecule has 0 bridgehead atoms. The van der Waals surface area contributed by atoms with Crippen LogP contribution in [-0.4, -0.2) is 9.91 Å². The first-order valence-corrected chi connectivity index (χ1v) is 5.64. The molecule has 1 aromatic rings. The van der Waals surface area contributed by atoms with E-state index in [9.17, 15) is 10.1 Å². The van der Waals surface area contributed by atoms with Crippen LogP contribution in [0.4, 0.5) is 0 Å². The van der Waals surface area contributed by atoms with Crippen LogP contribution in [0.2, 0.25) is 0 Å². The predicted molar refractivity (Wildman–Crippen MR) is 64.2 cm³/mol. The lowest BCUT2D eigenvalue weighted by molar-refractivity contribution is -0.426. The number of halogens is 1. The quantitative estimate of drug-likeness (QED) is 0.475. The molecule has 2 rings (SSSR count). The number of rotatable bonds is 2. The van der Waals surface area contributed by atoms with Crippen LogP contribution >= 0.6 is 15.9 Å². The van der Waals surface area contributed by atoms with Crippen LogP contribution in [0, 0.1) is 10.1 Å². The number of nitrogens with zero attached hydrogens (tertiary/aromatic N) is 2. The summed E-state index contributed by atoms with van der Waals surface area (Å²) in [6, 6.07) is 3.60. The summed E-state index contributed by atoms with van der Waals surface area (Å²) in [5, 5.41) is 10.9. The predicted octanol–water partition coefficient (Wildman–Crippen LogP) is 3.18. The molecule has 16 heavy (non-hydrogen) atoms. The van der Waals surface area contributed by atoms with Crippen molar-refractivity contribution in [2.24, 2.45) is 0 Å². The Hall–Kier alpha value is -1.49. The molecule has 0 aliphatic heterocycles. The second-order valence-corrected chi connectivity index (χ2v) is 4.15. The van der Waals surface area contributed by atoms with Gasteiger partial charge in [0.15, 0.2) is 0 Å². The molecule has 0 spiro atoms. The van der Waals surface area contributed by atoms with E-state index in [0.717, 1.165) is 12.0 Å². The second-order valence-electron chi connectivity index (χ2n) is 3.40. The Morgan fingerprint density at radius 2 is 2.31 bits per heavy atom. The van der Waals surface area contributed by atoms with Gasteiger partial charge in [0.05, 0.1) is 10.5 Å². The zero-order valence-corrected chi connectivity index (χ0v) is 9.98. The van der Waals surface area contributed by atoms with E-state index >= 15 is 0 Å². The van der Waals surface area contributed by atoms with Crippen molar-refractivity contribution < 1.29 is 4.92 Å². The van der Waals surface area contributed by atoms with Crippen LogP contribution in [0.25, 0.3) is 5.57 Å². The molecule has 1 heterocycles. The number of hydrogen-bond acceptors (Lipinski definition) is 3. The van der Waals surface area contributed by atoms with Gasteiger partial charge in [0.2, 0.25) is 0 Å². The van der Waals surface area contributed by atoms with Crippen LogP contribution in [0.3, 0.4) is 0 Å². The number of aromatic nitrogens is 1. The van der Waals surface area contributed by atoms with Gasteiger partial charge in [-0.1, -0.05) is 12.2 Å². The molecule has 5 heteroatoms. The highest BCUT2D eigenvalue weighted by molar-refractivity contribution is 9.10. The SMILES string of the molecule is O=[N+]([O-])C1=C(c2cccnc2Br)C=CCC1. The standard InChI is InChI=1S/C11H9BrN2O2/c12-11-9(5-3-7-13-11)8-4-1-2-6-10(8)14(15)16/h1,3-5,7H,2,6H2. The van der Waals surface area contributed by atoms with Gasteiger partial charge in [0, 0.05) is 18.2 Å². The van der Waals surface area contributed by atoms with E-state index < -0.39 is 0 Å². The fourth-order valence-electron chi connectivity index (χ4n) is 1.67. The molecular formula is C11H9BrN2O2. The summed E-state index contributed by atoms with van der Waals surface area (Å²) in [6.45, 7) is 0. The number of nitro groups is 1. The maximum atomic E-state index is 10.9. The molecule has 0 fully saturated rings. The molecule has 0 radical (unpaired) electrons. The smallest absolute Gasteiger partial charge is 0.254 e. The van der Waals surface area contributed by atoms with Gasteiger partial charge in [-0.2, -0.15) is 0 Å². The van der Waals surface area contributed by atoms with Gasteiger partial charge in [-0.25, -0.2) is 4.98 Å². The van der Waals surface area contributed by atoms with E-state index in [0.29, 0.717) is 16.6 Å². The van der Waals surface area contributed by atoms with Crippen molar-refractivity contribution in [2.45, 2.75) is 12.8 Å². The van der Waals surface area contributed by atoms with E-state index in [1.165, 1.54) is 0 Å². The average Bonchev–Trinajstić information content (AvgIpc) is 2.29. The van der Waals surface area contributed by atoms with Gasteiger partial charge in [-0.05, 0) is 34.5 Å². The Bertz CT molecular complexity index is 495. The first-order chi connectivity index (χ1) is 7.70. The summed E-state index contributed by atoms with van der Waals surface area (Å²) in [5.74, 6) is 0. The first kappa shape index (κ1) is 11.0. The number of hydrogen-bond donors (Lipinski definition) is 0. The second kappa shape index (κ2) is 4.57. The Labute approximate surface area is 101 Å². The van der Waals surface area contributed by atoms with E-state index in [-0.39, 0.29) is 10.6 Å². The lowest BCUT2D eigenvalue weighted by atomic mass is 9.98. The zero-order valence-electron chi connectivity index (χ0n) is 8.39. The van der Waals surface area contributed by atoms with Crippen molar-refractivity contribution in [3.05, 3.63) is 56.5 Å². The molecule has 0 aromatic carbocycles. The summed E-state index contributed by atoms with van der Waals surface area (Å²) >= 11 is 3.31. The fraction of sp³-hybridized carbons (Fsp3) is 0.182. The van der Waals surface area contributed by atoms with Gasteiger partial charge >= 0.3 is 0 Å². The van der Waals surface area contributed by atoms with Crippen molar-refractivity contribution in [3.63, 3.8) is 0 Å². The summed E-state index contributed by atoms with van der Waals surface area (Å²) in [7, 11) is 0. The van der Waals surface area contributed by atoms with E-state index in [1.807, 2.05) is 12.1 Å². The van der Waals surface area contributed by atoms with E-state index in [2.05, 4.69) is 20.9 Å². The van der Waals surface area contributed by atoms with E-state index in [4.69, 9.17) is 0 Å². The maximum Gasteiger partial charge on any atom is 0.254 e. The van der Waals surface area contributed by atoms with Crippen molar-refractivity contribution in [2.75, 3.05) is 0 Å². The third kappa shape index (κ3) is 2.04. The Kier molecular flexibility index (Phi) is 3.14. The molecule has 1 aromatic heterocycles. The van der Waals surface area contributed by atoms with Crippen molar-refractivity contribution in [1.82, 2.24) is 4.98 Å². The third-order valence-corrected chi connectivity index (χ3v) is 3.04. The molecule has 82 valence electrons.